The Bertz CT molecular complexity index is 452. The van der Waals surface area contributed by atoms with Gasteiger partial charge < -0.3 is 20.1 Å². The lowest BCUT2D eigenvalue weighted by molar-refractivity contribution is -0.157. The van der Waals surface area contributed by atoms with Crippen LogP contribution in [0.2, 0.25) is 0 Å². The Balaban J connectivity index is 1.49. The van der Waals surface area contributed by atoms with E-state index in [0.717, 1.165) is 24.9 Å². The molecule has 1 heterocycles. The smallest absolute Gasteiger partial charge is 0.319 e. The topological polar surface area (TPSA) is 59.6 Å². The zero-order valence-electron chi connectivity index (χ0n) is 11.4. The summed E-state index contributed by atoms with van der Waals surface area (Å²) >= 11 is 0. The summed E-state index contributed by atoms with van der Waals surface area (Å²) < 4.78 is 11.4. The highest BCUT2D eigenvalue weighted by Crippen LogP contribution is 2.26. The number of carbonyl (C=O) groups is 1. The van der Waals surface area contributed by atoms with Gasteiger partial charge in [0.25, 0.3) is 0 Å². The first kappa shape index (κ1) is 13.4. The van der Waals surface area contributed by atoms with E-state index in [-0.39, 0.29) is 24.3 Å². The molecular formula is C15H20N2O3. The van der Waals surface area contributed by atoms with Gasteiger partial charge in [-0.3, -0.25) is 0 Å². The Kier molecular flexibility index (Phi) is 4.18. The fourth-order valence-electron chi connectivity index (χ4n) is 2.87. The predicted molar refractivity (Wildman–Crippen MR) is 75.7 cm³/mol. The molecule has 2 aliphatic rings. The fraction of sp³-hybridized carbons (Fsp3) is 0.533. The molecule has 1 aliphatic carbocycles. The number of anilines is 1. The molecule has 3 rings (SSSR count). The maximum atomic E-state index is 11.9. The van der Waals surface area contributed by atoms with Crippen LogP contribution < -0.4 is 10.6 Å². The molecule has 2 N–H and O–H groups in total. The highest BCUT2D eigenvalue weighted by Gasteiger charge is 2.34. The van der Waals surface area contributed by atoms with Crippen molar-refractivity contribution in [1.82, 2.24) is 5.32 Å². The first-order chi connectivity index (χ1) is 9.81. The quantitative estimate of drug-likeness (QED) is 0.870. The largest absolute Gasteiger partial charge is 0.373 e. The van der Waals surface area contributed by atoms with Gasteiger partial charge in [0.1, 0.15) is 0 Å². The van der Waals surface area contributed by atoms with Gasteiger partial charge in [-0.05, 0) is 31.4 Å². The second-order valence-electron chi connectivity index (χ2n) is 5.29. The molecule has 1 saturated heterocycles. The number of fused-ring (bicyclic) bond motifs is 1. The molecule has 1 aromatic carbocycles. The minimum absolute atomic E-state index is 0.125. The molecule has 2 amide bonds. The van der Waals surface area contributed by atoms with E-state index in [1.54, 1.807) is 0 Å². The van der Waals surface area contributed by atoms with E-state index in [1.165, 1.54) is 0 Å². The van der Waals surface area contributed by atoms with Crippen molar-refractivity contribution in [2.75, 3.05) is 18.5 Å². The Morgan fingerprint density at radius 1 is 1.05 bits per heavy atom. The molecule has 0 aromatic heterocycles. The number of ether oxygens (including phenoxy) is 2. The average Bonchev–Trinajstić information content (AvgIpc) is 2.48. The summed E-state index contributed by atoms with van der Waals surface area (Å²) in [5.74, 6) is 0. The van der Waals surface area contributed by atoms with Crippen molar-refractivity contribution in [2.24, 2.45) is 0 Å². The number of rotatable bonds is 2. The van der Waals surface area contributed by atoms with Crippen LogP contribution in [0.3, 0.4) is 0 Å². The SMILES string of the molecule is O=C(Nc1ccccc1)NC1CCC2OCCOC2C1. The summed E-state index contributed by atoms with van der Waals surface area (Å²) in [4.78, 5) is 11.9. The molecule has 0 spiro atoms. The van der Waals surface area contributed by atoms with Crippen molar-refractivity contribution in [3.05, 3.63) is 30.3 Å². The first-order valence-corrected chi connectivity index (χ1v) is 7.17. The molecule has 5 heteroatoms. The summed E-state index contributed by atoms with van der Waals surface area (Å²) in [5, 5.41) is 5.85. The van der Waals surface area contributed by atoms with Gasteiger partial charge in [0.05, 0.1) is 25.4 Å². The van der Waals surface area contributed by atoms with Crippen LogP contribution >= 0.6 is 0 Å². The van der Waals surface area contributed by atoms with Crippen molar-refractivity contribution in [2.45, 2.75) is 37.5 Å². The molecule has 3 unspecified atom stereocenters. The van der Waals surface area contributed by atoms with Crippen molar-refractivity contribution < 1.29 is 14.3 Å². The van der Waals surface area contributed by atoms with Gasteiger partial charge in [-0.1, -0.05) is 18.2 Å². The lowest BCUT2D eigenvalue weighted by Crippen LogP contribution is -2.50. The van der Waals surface area contributed by atoms with Crippen LogP contribution in [-0.2, 0) is 9.47 Å². The third kappa shape index (κ3) is 3.29. The van der Waals surface area contributed by atoms with Crippen LogP contribution in [-0.4, -0.2) is 37.5 Å². The fourth-order valence-corrected chi connectivity index (χ4v) is 2.87. The summed E-state index contributed by atoms with van der Waals surface area (Å²) in [7, 11) is 0. The highest BCUT2D eigenvalue weighted by atomic mass is 16.6. The standard InChI is InChI=1S/C15H20N2O3/c18-15(16-11-4-2-1-3-5-11)17-12-6-7-13-14(10-12)20-9-8-19-13/h1-5,12-14H,6-10H2,(H2,16,17,18). The number of hydrogen-bond donors (Lipinski definition) is 2. The van der Waals surface area contributed by atoms with Gasteiger partial charge in [0.2, 0.25) is 0 Å². The molecule has 5 nitrogen and oxygen atoms in total. The summed E-state index contributed by atoms with van der Waals surface area (Å²) in [6.45, 7) is 1.35. The molecule has 0 bridgehead atoms. The van der Waals surface area contributed by atoms with Gasteiger partial charge in [-0.15, -0.1) is 0 Å². The summed E-state index contributed by atoms with van der Waals surface area (Å²) in [5.41, 5.74) is 0.802. The molecule has 20 heavy (non-hydrogen) atoms. The normalized spacial score (nSPS) is 29.3. The molecule has 1 aliphatic heterocycles. The predicted octanol–water partition coefficient (Wildman–Crippen LogP) is 2.14. The molecule has 0 radical (unpaired) electrons. The van der Waals surface area contributed by atoms with Gasteiger partial charge in [-0.25, -0.2) is 4.79 Å². The van der Waals surface area contributed by atoms with E-state index in [2.05, 4.69) is 10.6 Å². The van der Waals surface area contributed by atoms with Gasteiger partial charge in [-0.2, -0.15) is 0 Å². The number of para-hydroxylation sites is 1. The van der Waals surface area contributed by atoms with Crippen molar-refractivity contribution in [3.63, 3.8) is 0 Å². The van der Waals surface area contributed by atoms with Crippen molar-refractivity contribution >= 4 is 11.7 Å². The lowest BCUT2D eigenvalue weighted by atomic mass is 9.90. The number of amides is 2. The van der Waals surface area contributed by atoms with Crippen LogP contribution in [0.25, 0.3) is 0 Å². The maximum Gasteiger partial charge on any atom is 0.319 e. The molecule has 1 saturated carbocycles. The summed E-state index contributed by atoms with van der Waals surface area (Å²) in [6.07, 6.45) is 3.04. The van der Waals surface area contributed by atoms with Crippen LogP contribution in [0.5, 0.6) is 0 Å². The second-order valence-corrected chi connectivity index (χ2v) is 5.29. The number of urea groups is 1. The minimum atomic E-state index is -0.156. The van der Waals surface area contributed by atoms with E-state index in [9.17, 15) is 4.79 Å². The zero-order chi connectivity index (χ0) is 13.8. The number of nitrogens with one attached hydrogen (secondary N) is 2. The zero-order valence-corrected chi connectivity index (χ0v) is 11.4. The second kappa shape index (κ2) is 6.24. The summed E-state index contributed by atoms with van der Waals surface area (Å²) in [6, 6.07) is 9.45. The number of hydrogen-bond acceptors (Lipinski definition) is 3. The van der Waals surface area contributed by atoms with Crippen LogP contribution in [0.15, 0.2) is 30.3 Å². The Morgan fingerprint density at radius 3 is 2.60 bits per heavy atom. The Hall–Kier alpha value is -1.59. The van der Waals surface area contributed by atoms with Gasteiger partial charge >= 0.3 is 6.03 Å². The Labute approximate surface area is 118 Å². The van der Waals surface area contributed by atoms with E-state index >= 15 is 0 Å². The molecule has 1 aromatic rings. The highest BCUT2D eigenvalue weighted by molar-refractivity contribution is 5.89. The average molecular weight is 276 g/mol. The Morgan fingerprint density at radius 2 is 1.80 bits per heavy atom. The molecule has 3 atom stereocenters. The van der Waals surface area contributed by atoms with Crippen molar-refractivity contribution in [1.29, 1.82) is 0 Å². The molecular weight excluding hydrogens is 256 g/mol. The molecule has 108 valence electrons. The van der Waals surface area contributed by atoms with E-state index < -0.39 is 0 Å². The third-order valence-electron chi connectivity index (χ3n) is 3.85. The van der Waals surface area contributed by atoms with Crippen LogP contribution in [0.4, 0.5) is 10.5 Å². The first-order valence-electron chi connectivity index (χ1n) is 7.17. The third-order valence-corrected chi connectivity index (χ3v) is 3.85. The van der Waals surface area contributed by atoms with Crippen LogP contribution in [0, 0.1) is 0 Å². The van der Waals surface area contributed by atoms with E-state index in [4.69, 9.17) is 9.47 Å². The monoisotopic (exact) mass is 276 g/mol. The minimum Gasteiger partial charge on any atom is -0.373 e. The maximum absolute atomic E-state index is 11.9. The van der Waals surface area contributed by atoms with E-state index in [1.807, 2.05) is 30.3 Å². The van der Waals surface area contributed by atoms with E-state index in [0.29, 0.717) is 13.2 Å². The number of benzene rings is 1. The van der Waals surface area contributed by atoms with Crippen LogP contribution in [0.1, 0.15) is 19.3 Å². The van der Waals surface area contributed by atoms with Gasteiger partial charge in [0, 0.05) is 11.7 Å². The van der Waals surface area contributed by atoms with Crippen molar-refractivity contribution in [3.8, 4) is 0 Å². The lowest BCUT2D eigenvalue weighted by Gasteiger charge is -2.39. The number of carbonyl (C=O) groups excluding carboxylic acids is 1. The van der Waals surface area contributed by atoms with Gasteiger partial charge in [0.15, 0.2) is 0 Å². The molecule has 2 fully saturated rings.